The molecule has 0 aromatic carbocycles. The van der Waals surface area contributed by atoms with Crippen LogP contribution in [0.5, 0.6) is 0 Å². The summed E-state index contributed by atoms with van der Waals surface area (Å²) in [5.74, 6) is 0. The van der Waals surface area contributed by atoms with Gasteiger partial charge in [-0.25, -0.2) is 19.9 Å². The molecule has 30 heavy (non-hydrogen) atoms. The smallest absolute Gasteiger partial charge is 0.163 e. The summed E-state index contributed by atoms with van der Waals surface area (Å²) in [6.07, 6.45) is 6.77. The molecule has 1 N–H and O–H groups in total. The molecule has 0 amide bonds. The lowest BCUT2D eigenvalue weighted by atomic mass is 10.5. The second-order valence-electron chi connectivity index (χ2n) is 7.69. The zero-order valence-corrected chi connectivity index (χ0v) is 22.3. The number of aromatic nitrogens is 6. The molecule has 4 aromatic heterocycles. The molecule has 7 nitrogen and oxygen atoms in total. The van der Waals surface area contributed by atoms with E-state index < -0.39 is 8.07 Å². The number of hydrogen-bond acceptors (Lipinski definition) is 5. The van der Waals surface area contributed by atoms with E-state index in [4.69, 9.17) is 27.9 Å². The SMILES string of the molecule is C[Si](C)(C)CCOCn1cc(Br)c2ncc(Cl)nc21.Clc1cnc2c(Br)c[nH]c2n1. The number of nitrogens with one attached hydrogen (secondary N) is 1. The average Bonchev–Trinajstić information content (AvgIpc) is 3.18. The van der Waals surface area contributed by atoms with Gasteiger partial charge in [0.15, 0.2) is 11.3 Å². The lowest BCUT2D eigenvalue weighted by molar-refractivity contribution is 0.0898. The Bertz CT molecular complexity index is 1160. The fraction of sp³-hybridized carbons (Fsp3) is 0.333. The molecule has 0 fully saturated rings. The first-order valence-electron chi connectivity index (χ1n) is 9.04. The number of nitrogens with zero attached hydrogens (tertiary/aromatic N) is 5. The molecule has 0 bridgehead atoms. The monoisotopic (exact) mass is 592 g/mol. The van der Waals surface area contributed by atoms with Crippen LogP contribution in [0.2, 0.25) is 36.0 Å². The predicted octanol–water partition coefficient (Wildman–Crippen LogP) is 6.53. The van der Waals surface area contributed by atoms with E-state index in [9.17, 15) is 0 Å². The first kappa shape index (κ1) is 23.6. The molecule has 160 valence electrons. The van der Waals surface area contributed by atoms with Crippen molar-refractivity contribution in [1.29, 1.82) is 0 Å². The Labute approximate surface area is 201 Å². The third-order valence-electron chi connectivity index (χ3n) is 4.02. The van der Waals surface area contributed by atoms with Gasteiger partial charge >= 0.3 is 0 Å². The zero-order valence-electron chi connectivity index (χ0n) is 16.6. The van der Waals surface area contributed by atoms with Gasteiger partial charge < -0.3 is 14.3 Å². The number of ether oxygens (including phenoxy) is 1. The Hall–Kier alpha value is -1.04. The van der Waals surface area contributed by atoms with Crippen LogP contribution in [0.4, 0.5) is 0 Å². The summed E-state index contributed by atoms with van der Waals surface area (Å²) >= 11 is 18.3. The van der Waals surface area contributed by atoms with Crippen molar-refractivity contribution in [1.82, 2.24) is 29.5 Å². The van der Waals surface area contributed by atoms with E-state index in [1.807, 2.05) is 10.8 Å². The second-order valence-corrected chi connectivity index (χ2v) is 15.8. The van der Waals surface area contributed by atoms with Crippen molar-refractivity contribution in [2.45, 2.75) is 32.4 Å². The zero-order chi connectivity index (χ0) is 21.9. The van der Waals surface area contributed by atoms with Gasteiger partial charge in [0.25, 0.3) is 0 Å². The minimum Gasteiger partial charge on any atom is -0.361 e. The molecule has 0 saturated heterocycles. The molecule has 0 unspecified atom stereocenters. The molecular weight excluding hydrogens is 575 g/mol. The molecule has 4 aromatic rings. The fourth-order valence-corrected chi connectivity index (χ4v) is 4.42. The molecule has 0 aliphatic rings. The Balaban J connectivity index is 0.000000196. The number of fused-ring (bicyclic) bond motifs is 2. The summed E-state index contributed by atoms with van der Waals surface area (Å²) in [5.41, 5.74) is 3.05. The Morgan fingerprint density at radius 2 is 1.70 bits per heavy atom. The van der Waals surface area contributed by atoms with E-state index in [0.29, 0.717) is 22.7 Å². The number of aromatic amines is 1. The third kappa shape index (κ3) is 6.24. The first-order valence-corrected chi connectivity index (χ1v) is 15.1. The van der Waals surface area contributed by atoms with Gasteiger partial charge in [0, 0.05) is 27.1 Å². The first-order chi connectivity index (χ1) is 14.1. The molecule has 0 saturated carbocycles. The highest BCUT2D eigenvalue weighted by atomic mass is 79.9. The minimum atomic E-state index is -1.05. The van der Waals surface area contributed by atoms with Crippen LogP contribution in [0.1, 0.15) is 0 Å². The van der Waals surface area contributed by atoms with Crippen molar-refractivity contribution in [3.8, 4) is 0 Å². The quantitative estimate of drug-likeness (QED) is 0.210. The maximum Gasteiger partial charge on any atom is 0.163 e. The van der Waals surface area contributed by atoms with E-state index in [1.165, 1.54) is 6.20 Å². The van der Waals surface area contributed by atoms with Crippen LogP contribution >= 0.6 is 55.1 Å². The molecule has 0 aliphatic heterocycles. The third-order valence-corrected chi connectivity index (χ3v) is 7.28. The largest absolute Gasteiger partial charge is 0.361 e. The lowest BCUT2D eigenvalue weighted by Gasteiger charge is -2.15. The molecule has 0 atom stereocenters. The van der Waals surface area contributed by atoms with E-state index in [-0.39, 0.29) is 0 Å². The molecule has 0 radical (unpaired) electrons. The van der Waals surface area contributed by atoms with Gasteiger partial charge in [0.2, 0.25) is 0 Å². The maximum absolute atomic E-state index is 5.88. The summed E-state index contributed by atoms with van der Waals surface area (Å²) in [6, 6.07) is 1.15. The van der Waals surface area contributed by atoms with Crippen LogP contribution in [0.15, 0.2) is 33.7 Å². The molecule has 0 aliphatic carbocycles. The molecular formula is C18H20Br2Cl2N6OSi. The van der Waals surface area contributed by atoms with E-state index in [0.717, 1.165) is 38.3 Å². The standard InChI is InChI=1S/C12H17BrClN3OSi.C6H3BrClN3/c1-19(2,3)5-4-18-8-17-7-9(13)11-12(17)16-10(14)6-15-11;7-3-1-10-6-5(3)9-2-4(8)11-6/h6-7H,4-5,8H2,1-3H3;1-2H,(H,10,11). The maximum atomic E-state index is 5.88. The molecule has 12 heteroatoms. The summed E-state index contributed by atoms with van der Waals surface area (Å²) in [5, 5.41) is 0.785. The van der Waals surface area contributed by atoms with Crippen LogP contribution in [-0.2, 0) is 11.5 Å². The summed E-state index contributed by atoms with van der Waals surface area (Å²) in [6.45, 7) is 8.26. The fourth-order valence-electron chi connectivity index (χ4n) is 2.47. The summed E-state index contributed by atoms with van der Waals surface area (Å²) in [4.78, 5) is 19.6. The van der Waals surface area contributed by atoms with Crippen molar-refractivity contribution in [2.24, 2.45) is 0 Å². The van der Waals surface area contributed by atoms with Crippen LogP contribution in [0, 0.1) is 0 Å². The number of halogens is 4. The van der Waals surface area contributed by atoms with E-state index in [1.54, 1.807) is 12.4 Å². The number of rotatable bonds is 5. The lowest BCUT2D eigenvalue weighted by Crippen LogP contribution is -2.22. The van der Waals surface area contributed by atoms with Crippen molar-refractivity contribution in [2.75, 3.05) is 6.61 Å². The highest BCUT2D eigenvalue weighted by Gasteiger charge is 2.13. The van der Waals surface area contributed by atoms with Gasteiger partial charge in [-0.2, -0.15) is 0 Å². The van der Waals surface area contributed by atoms with Crippen molar-refractivity contribution >= 4 is 85.5 Å². The van der Waals surface area contributed by atoms with E-state index in [2.05, 4.69) is 76.4 Å². The van der Waals surface area contributed by atoms with Gasteiger partial charge in [-0.05, 0) is 37.9 Å². The van der Waals surface area contributed by atoms with Gasteiger partial charge in [-0.1, -0.05) is 42.8 Å². The number of hydrogen-bond donors (Lipinski definition) is 1. The summed E-state index contributed by atoms with van der Waals surface area (Å²) < 4.78 is 9.45. The van der Waals surface area contributed by atoms with Crippen LogP contribution < -0.4 is 0 Å². The molecule has 4 rings (SSSR count). The highest BCUT2D eigenvalue weighted by molar-refractivity contribution is 9.11. The second kappa shape index (κ2) is 10.1. The highest BCUT2D eigenvalue weighted by Crippen LogP contribution is 2.24. The van der Waals surface area contributed by atoms with Crippen molar-refractivity contribution < 1.29 is 4.74 Å². The van der Waals surface area contributed by atoms with Crippen LogP contribution in [0.3, 0.4) is 0 Å². The topological polar surface area (TPSA) is 81.5 Å². The normalized spacial score (nSPS) is 11.7. The van der Waals surface area contributed by atoms with Gasteiger partial charge in [0.1, 0.15) is 28.1 Å². The van der Waals surface area contributed by atoms with Crippen LogP contribution in [-0.4, -0.2) is 44.2 Å². The summed E-state index contributed by atoms with van der Waals surface area (Å²) in [7, 11) is -1.05. The van der Waals surface area contributed by atoms with Crippen molar-refractivity contribution in [3.63, 3.8) is 0 Å². The predicted molar refractivity (Wildman–Crippen MR) is 131 cm³/mol. The molecule has 4 heterocycles. The van der Waals surface area contributed by atoms with Crippen molar-refractivity contribution in [3.05, 3.63) is 44.0 Å². The molecule has 0 spiro atoms. The van der Waals surface area contributed by atoms with Gasteiger partial charge in [-0.3, -0.25) is 0 Å². The minimum absolute atomic E-state index is 0.390. The Morgan fingerprint density at radius 1 is 1.03 bits per heavy atom. The Morgan fingerprint density at radius 3 is 2.40 bits per heavy atom. The average molecular weight is 595 g/mol. The number of H-pyrrole nitrogens is 1. The van der Waals surface area contributed by atoms with Gasteiger partial charge in [-0.15, -0.1) is 0 Å². The van der Waals surface area contributed by atoms with E-state index >= 15 is 0 Å². The van der Waals surface area contributed by atoms with Crippen LogP contribution in [0.25, 0.3) is 22.3 Å². The Kier molecular flexibility index (Phi) is 7.91. The van der Waals surface area contributed by atoms with Gasteiger partial charge in [0.05, 0.1) is 21.3 Å².